The topological polar surface area (TPSA) is 156 Å². The van der Waals surface area contributed by atoms with Crippen LogP contribution < -0.4 is 4.74 Å². The van der Waals surface area contributed by atoms with Crippen molar-refractivity contribution in [1.82, 2.24) is 29.3 Å². The standard InChI is InChI=1S/C27H25F3N6O7/c28-27(29,30)21-18(15-42-33-21)19-14-32-22-23(31-5-6-36(19)22)43-16-1-2-17(20(37)13-16)24(38)34-7-9-35(10-8-34)25(39)26(40)3-11-41-12-4-26/h1-2,5-6,13-15,37,40H,3-4,7-12H2. The van der Waals surface area contributed by atoms with Gasteiger partial charge in [0.05, 0.1) is 23.0 Å². The maximum atomic E-state index is 13.4. The third-order valence-electron chi connectivity index (χ3n) is 7.50. The Bertz CT molecular complexity index is 1670. The van der Waals surface area contributed by atoms with Crippen LogP contribution in [0.3, 0.4) is 0 Å². The highest BCUT2D eigenvalue weighted by Gasteiger charge is 2.42. The van der Waals surface area contributed by atoms with Crippen molar-refractivity contribution in [2.24, 2.45) is 0 Å². The number of rotatable bonds is 5. The van der Waals surface area contributed by atoms with Crippen molar-refractivity contribution in [2.75, 3.05) is 39.4 Å². The van der Waals surface area contributed by atoms with Gasteiger partial charge in [0, 0.05) is 70.7 Å². The first-order valence-electron chi connectivity index (χ1n) is 13.3. The Labute approximate surface area is 241 Å². The molecule has 226 valence electrons. The van der Waals surface area contributed by atoms with Gasteiger partial charge in [-0.1, -0.05) is 5.16 Å². The number of carbonyl (C=O) groups excluding carboxylic acids is 2. The highest BCUT2D eigenvalue weighted by Crippen LogP contribution is 2.37. The van der Waals surface area contributed by atoms with Gasteiger partial charge < -0.3 is 34.0 Å². The molecule has 0 aliphatic carbocycles. The van der Waals surface area contributed by atoms with Crippen LogP contribution in [-0.4, -0.2) is 96.3 Å². The summed E-state index contributed by atoms with van der Waals surface area (Å²) < 4.78 is 56.9. The zero-order chi connectivity index (χ0) is 30.4. The van der Waals surface area contributed by atoms with E-state index in [0.29, 0.717) is 13.2 Å². The predicted molar refractivity (Wildman–Crippen MR) is 139 cm³/mol. The van der Waals surface area contributed by atoms with Crippen molar-refractivity contribution < 1.29 is 47.0 Å². The summed E-state index contributed by atoms with van der Waals surface area (Å²) >= 11 is 0. The summed E-state index contributed by atoms with van der Waals surface area (Å²) in [6.07, 6.45) is 0.467. The molecular weight excluding hydrogens is 577 g/mol. The largest absolute Gasteiger partial charge is 0.507 e. The van der Waals surface area contributed by atoms with Crippen molar-refractivity contribution in [2.45, 2.75) is 24.6 Å². The molecule has 2 N–H and O–H groups in total. The molecule has 1 aromatic carbocycles. The lowest BCUT2D eigenvalue weighted by Crippen LogP contribution is -2.58. The van der Waals surface area contributed by atoms with E-state index in [1.165, 1.54) is 51.0 Å². The smallest absolute Gasteiger partial charge is 0.437 e. The van der Waals surface area contributed by atoms with Crippen LogP contribution in [0.2, 0.25) is 0 Å². The van der Waals surface area contributed by atoms with E-state index in [0.717, 1.165) is 6.26 Å². The van der Waals surface area contributed by atoms with Crippen molar-refractivity contribution >= 4 is 17.5 Å². The summed E-state index contributed by atoms with van der Waals surface area (Å²) in [5, 5.41) is 24.4. The molecule has 2 fully saturated rings. The number of aromatic nitrogens is 4. The van der Waals surface area contributed by atoms with E-state index in [2.05, 4.69) is 19.6 Å². The van der Waals surface area contributed by atoms with Gasteiger partial charge in [-0.25, -0.2) is 9.97 Å². The van der Waals surface area contributed by atoms with Gasteiger partial charge in [-0.3, -0.25) is 14.0 Å². The fourth-order valence-corrected chi connectivity index (χ4v) is 5.16. The van der Waals surface area contributed by atoms with Crippen LogP contribution in [0.5, 0.6) is 17.4 Å². The number of piperazine rings is 1. The van der Waals surface area contributed by atoms with Gasteiger partial charge in [-0.2, -0.15) is 13.2 Å². The second-order valence-electron chi connectivity index (χ2n) is 10.2. The van der Waals surface area contributed by atoms with E-state index < -0.39 is 23.4 Å². The second kappa shape index (κ2) is 10.9. The minimum atomic E-state index is -4.74. The average molecular weight is 603 g/mol. The van der Waals surface area contributed by atoms with Crippen LogP contribution in [0.25, 0.3) is 16.9 Å². The van der Waals surface area contributed by atoms with Gasteiger partial charge >= 0.3 is 6.18 Å². The number of halogens is 3. The summed E-state index contributed by atoms with van der Waals surface area (Å²) in [6.45, 7) is 1.50. The maximum absolute atomic E-state index is 13.4. The van der Waals surface area contributed by atoms with Crippen LogP contribution in [0.15, 0.2) is 47.6 Å². The molecule has 0 bridgehead atoms. The molecule has 43 heavy (non-hydrogen) atoms. The van der Waals surface area contributed by atoms with Crippen LogP contribution in [0.1, 0.15) is 28.9 Å². The zero-order valence-corrected chi connectivity index (χ0v) is 22.5. The molecule has 2 amide bonds. The Kier molecular flexibility index (Phi) is 7.17. The van der Waals surface area contributed by atoms with Gasteiger partial charge in [-0.05, 0) is 12.1 Å². The SMILES string of the molecule is O=C(c1ccc(Oc2nccn3c(-c4conc4C(F)(F)F)cnc23)cc1O)N1CCN(C(=O)C2(O)CCOCC2)CC1. The lowest BCUT2D eigenvalue weighted by Gasteiger charge is -2.40. The van der Waals surface area contributed by atoms with Gasteiger partial charge in [0.25, 0.3) is 17.7 Å². The number of amides is 2. The highest BCUT2D eigenvalue weighted by molar-refractivity contribution is 5.97. The number of imidazole rings is 1. The van der Waals surface area contributed by atoms with Crippen LogP contribution >= 0.6 is 0 Å². The van der Waals surface area contributed by atoms with E-state index >= 15 is 0 Å². The first-order chi connectivity index (χ1) is 20.5. The van der Waals surface area contributed by atoms with E-state index in [9.17, 15) is 33.0 Å². The summed E-state index contributed by atoms with van der Waals surface area (Å²) in [7, 11) is 0. The van der Waals surface area contributed by atoms with Gasteiger partial charge in [0.15, 0.2) is 5.69 Å². The number of fused-ring (bicyclic) bond motifs is 1. The van der Waals surface area contributed by atoms with Gasteiger partial charge in [0.1, 0.15) is 23.4 Å². The first kappa shape index (κ1) is 28.4. The molecule has 2 aliphatic heterocycles. The maximum Gasteiger partial charge on any atom is 0.437 e. The number of alkyl halides is 3. The van der Waals surface area contributed by atoms with Gasteiger partial charge in [-0.15, -0.1) is 0 Å². The molecule has 0 radical (unpaired) electrons. The monoisotopic (exact) mass is 602 g/mol. The fraction of sp³-hybridized carbons (Fsp3) is 0.370. The quantitative estimate of drug-likeness (QED) is 0.348. The number of hydrogen-bond acceptors (Lipinski definition) is 10. The number of carbonyl (C=O) groups is 2. The Hall–Kier alpha value is -4.70. The number of ether oxygens (including phenoxy) is 2. The van der Waals surface area contributed by atoms with E-state index in [1.807, 2.05) is 0 Å². The highest BCUT2D eigenvalue weighted by atomic mass is 19.4. The van der Waals surface area contributed by atoms with Crippen LogP contribution in [0.4, 0.5) is 13.2 Å². The van der Waals surface area contributed by atoms with E-state index in [4.69, 9.17) is 9.47 Å². The molecule has 5 heterocycles. The first-order valence-corrected chi connectivity index (χ1v) is 13.3. The third kappa shape index (κ3) is 5.34. The number of benzene rings is 1. The number of nitrogens with zero attached hydrogens (tertiary/aromatic N) is 6. The lowest BCUT2D eigenvalue weighted by atomic mass is 9.92. The van der Waals surface area contributed by atoms with Crippen molar-refractivity contribution in [3.8, 4) is 28.6 Å². The second-order valence-corrected chi connectivity index (χ2v) is 10.2. The summed E-state index contributed by atoms with van der Waals surface area (Å²) in [5.41, 5.74) is -2.84. The predicted octanol–water partition coefficient (Wildman–Crippen LogP) is 2.73. The van der Waals surface area contributed by atoms with E-state index in [1.54, 1.807) is 0 Å². The molecule has 2 saturated heterocycles. The molecule has 0 atom stereocenters. The molecule has 16 heteroatoms. The van der Waals surface area contributed by atoms with Crippen molar-refractivity contribution in [3.63, 3.8) is 0 Å². The number of aromatic hydroxyl groups is 1. The van der Waals surface area contributed by atoms with Gasteiger partial charge in [0.2, 0.25) is 5.65 Å². The summed E-state index contributed by atoms with van der Waals surface area (Å²) in [6, 6.07) is 4.02. The Morgan fingerprint density at radius 1 is 1.05 bits per heavy atom. The van der Waals surface area contributed by atoms with Crippen molar-refractivity contribution in [3.05, 3.63) is 54.3 Å². The Morgan fingerprint density at radius 2 is 1.77 bits per heavy atom. The number of phenols is 1. The molecule has 13 nitrogen and oxygen atoms in total. The average Bonchev–Trinajstić information content (AvgIpc) is 3.65. The Morgan fingerprint density at radius 3 is 2.47 bits per heavy atom. The normalized spacial score (nSPS) is 17.3. The Balaban J connectivity index is 1.15. The summed E-state index contributed by atoms with van der Waals surface area (Å²) in [4.78, 5) is 37.3. The summed E-state index contributed by atoms with van der Waals surface area (Å²) in [5.74, 6) is -1.16. The minimum Gasteiger partial charge on any atom is -0.507 e. The molecule has 0 spiro atoms. The van der Waals surface area contributed by atoms with Crippen LogP contribution in [0, 0.1) is 0 Å². The number of phenolic OH excluding ortho intramolecular Hbond substituents is 1. The molecule has 0 saturated carbocycles. The molecular formula is C27H25F3N6O7. The van der Waals surface area contributed by atoms with Crippen LogP contribution in [-0.2, 0) is 15.7 Å². The number of aliphatic hydroxyl groups is 1. The molecule has 6 rings (SSSR count). The zero-order valence-electron chi connectivity index (χ0n) is 22.5. The lowest BCUT2D eigenvalue weighted by molar-refractivity contribution is -0.162. The molecule has 2 aliphatic rings. The third-order valence-corrected chi connectivity index (χ3v) is 7.50. The number of hydrogen-bond donors (Lipinski definition) is 2. The minimum absolute atomic E-state index is 0.0107. The van der Waals surface area contributed by atoms with Crippen molar-refractivity contribution in [1.29, 1.82) is 0 Å². The molecule has 4 aromatic rings. The molecule has 0 unspecified atom stereocenters. The van der Waals surface area contributed by atoms with E-state index in [-0.39, 0.29) is 84.8 Å². The molecule has 3 aromatic heterocycles. The fourth-order valence-electron chi connectivity index (χ4n) is 5.16.